The van der Waals surface area contributed by atoms with E-state index in [0.717, 1.165) is 56.6 Å². The summed E-state index contributed by atoms with van der Waals surface area (Å²) < 4.78 is 6.72. The Labute approximate surface area is 168 Å². The van der Waals surface area contributed by atoms with Gasteiger partial charge >= 0.3 is 0 Å². The summed E-state index contributed by atoms with van der Waals surface area (Å²) in [6.45, 7) is 9.03. The van der Waals surface area contributed by atoms with Crippen molar-refractivity contribution in [2.75, 3.05) is 44.7 Å². The summed E-state index contributed by atoms with van der Waals surface area (Å²) in [5, 5.41) is 10.1. The summed E-state index contributed by atoms with van der Waals surface area (Å²) in [4.78, 5) is 19.7. The highest BCUT2D eigenvalue weighted by molar-refractivity contribution is 7.80. The minimum absolute atomic E-state index is 0.271. The van der Waals surface area contributed by atoms with E-state index in [4.69, 9.17) is 4.74 Å². The summed E-state index contributed by atoms with van der Waals surface area (Å²) in [6, 6.07) is 7.81. The molecule has 1 aliphatic rings. The molecule has 3 aromatic rings. The van der Waals surface area contributed by atoms with Crippen LogP contribution in [0.25, 0.3) is 22.5 Å². The molecule has 0 amide bonds. The van der Waals surface area contributed by atoms with Crippen molar-refractivity contribution >= 4 is 40.9 Å². The molecule has 1 saturated heterocycles. The maximum absolute atomic E-state index is 12.8. The minimum atomic E-state index is -0.271. The maximum Gasteiger partial charge on any atom is 0.282 e. The second-order valence-corrected chi connectivity index (χ2v) is 7.15. The average molecular weight is 398 g/mol. The zero-order valence-electron chi connectivity index (χ0n) is 15.6. The van der Waals surface area contributed by atoms with E-state index >= 15 is 0 Å². The van der Waals surface area contributed by atoms with Gasteiger partial charge in [-0.05, 0) is 13.0 Å². The lowest BCUT2D eigenvalue weighted by atomic mass is 10.1. The van der Waals surface area contributed by atoms with Gasteiger partial charge in [-0.1, -0.05) is 36.9 Å². The van der Waals surface area contributed by atoms with E-state index in [1.165, 1.54) is 10.6 Å². The molecule has 0 saturated carbocycles. The van der Waals surface area contributed by atoms with Gasteiger partial charge < -0.3 is 10.1 Å². The highest BCUT2D eigenvalue weighted by Gasteiger charge is 2.15. The van der Waals surface area contributed by atoms with Gasteiger partial charge in [0.15, 0.2) is 11.5 Å². The number of aromatic nitrogens is 3. The fourth-order valence-electron chi connectivity index (χ4n) is 3.46. The summed E-state index contributed by atoms with van der Waals surface area (Å²) in [7, 11) is 0. The molecule has 0 atom stereocenters. The van der Waals surface area contributed by atoms with Crippen molar-refractivity contribution in [3.8, 4) is 0 Å². The highest BCUT2D eigenvalue weighted by Crippen LogP contribution is 2.24. The molecule has 0 bridgehead atoms. The topological polar surface area (TPSA) is 71.8 Å². The first kappa shape index (κ1) is 18.9. The number of ether oxygens (including phenoxy) is 1. The molecule has 4 rings (SSSR count). The van der Waals surface area contributed by atoms with E-state index in [1.54, 1.807) is 0 Å². The van der Waals surface area contributed by atoms with E-state index in [9.17, 15) is 4.79 Å². The monoisotopic (exact) mass is 397 g/mol. The molecular formula is C20H23N5O2S. The first-order valence-corrected chi connectivity index (χ1v) is 9.85. The third-order valence-corrected chi connectivity index (χ3v) is 5.29. The van der Waals surface area contributed by atoms with Crippen LogP contribution in [0.4, 0.5) is 5.82 Å². The number of hydrogen-bond donors (Lipinski definition) is 2. The smallest absolute Gasteiger partial charge is 0.282 e. The fourth-order valence-corrected chi connectivity index (χ4v) is 3.74. The Hall–Kier alpha value is -2.42. The number of hydrogen-bond acceptors (Lipinski definition) is 7. The molecule has 0 radical (unpaired) electrons. The van der Waals surface area contributed by atoms with Crippen molar-refractivity contribution < 1.29 is 4.74 Å². The Bertz CT molecular complexity index is 1080. The predicted molar refractivity (Wildman–Crippen MR) is 114 cm³/mol. The molecule has 7 nitrogen and oxygen atoms in total. The maximum atomic E-state index is 12.8. The van der Waals surface area contributed by atoms with E-state index in [0.29, 0.717) is 22.1 Å². The molecule has 0 aliphatic carbocycles. The van der Waals surface area contributed by atoms with Crippen LogP contribution in [0.1, 0.15) is 12.0 Å². The molecule has 3 heterocycles. The summed E-state index contributed by atoms with van der Waals surface area (Å²) in [6.07, 6.45) is 2.45. The molecule has 1 aliphatic heterocycles. The first-order valence-electron chi connectivity index (χ1n) is 9.40. The van der Waals surface area contributed by atoms with Crippen LogP contribution in [0, 0.1) is 0 Å². The Morgan fingerprint density at radius 2 is 2.00 bits per heavy atom. The molecule has 1 aromatic carbocycles. The Kier molecular flexibility index (Phi) is 5.61. The van der Waals surface area contributed by atoms with Gasteiger partial charge in [0.1, 0.15) is 5.03 Å². The molecule has 0 unspecified atom stereocenters. The second kappa shape index (κ2) is 8.30. The predicted octanol–water partition coefficient (Wildman–Crippen LogP) is 2.31. The van der Waals surface area contributed by atoms with Crippen LogP contribution in [0.3, 0.4) is 0 Å². The Morgan fingerprint density at radius 3 is 2.75 bits per heavy atom. The van der Waals surface area contributed by atoms with Crippen LogP contribution < -0.4 is 10.9 Å². The summed E-state index contributed by atoms with van der Waals surface area (Å²) >= 11 is 4.34. The van der Waals surface area contributed by atoms with Gasteiger partial charge in [0, 0.05) is 30.4 Å². The van der Waals surface area contributed by atoms with Gasteiger partial charge in [0.05, 0.1) is 18.8 Å². The number of rotatable bonds is 6. The van der Waals surface area contributed by atoms with Crippen LogP contribution in [0.2, 0.25) is 0 Å². The SMILES string of the molecule is C=Cc1c(S)nc2c3ccccc3c(NCCCN3CCOCC3)nn2c1=O. The van der Waals surface area contributed by atoms with E-state index in [-0.39, 0.29) is 5.56 Å². The summed E-state index contributed by atoms with van der Waals surface area (Å²) in [5.74, 6) is 0.677. The number of nitrogens with zero attached hydrogens (tertiary/aromatic N) is 4. The minimum Gasteiger partial charge on any atom is -0.379 e. The lowest BCUT2D eigenvalue weighted by Gasteiger charge is -2.26. The van der Waals surface area contributed by atoms with Gasteiger partial charge in [0.25, 0.3) is 5.56 Å². The van der Waals surface area contributed by atoms with Crippen molar-refractivity contribution in [3.05, 3.63) is 46.8 Å². The number of anilines is 1. The standard InChI is InChI=1S/C20H23N5O2S/c1-2-14-19(28)22-18-16-7-4-3-6-15(16)17(23-25(18)20(14)26)21-8-5-9-24-10-12-27-13-11-24/h2-4,6-7,28H,1,5,8-13H2,(H,21,23). The number of fused-ring (bicyclic) bond motifs is 3. The Morgan fingerprint density at radius 1 is 1.25 bits per heavy atom. The Balaban J connectivity index is 1.65. The van der Waals surface area contributed by atoms with E-state index in [2.05, 4.69) is 39.5 Å². The number of nitrogens with one attached hydrogen (secondary N) is 1. The van der Waals surface area contributed by atoms with E-state index < -0.39 is 0 Å². The largest absolute Gasteiger partial charge is 0.379 e. The highest BCUT2D eigenvalue weighted by atomic mass is 32.1. The van der Waals surface area contributed by atoms with Crippen LogP contribution >= 0.6 is 12.6 Å². The number of thiol groups is 1. The molecule has 146 valence electrons. The van der Waals surface area contributed by atoms with Gasteiger partial charge in [-0.2, -0.15) is 4.52 Å². The first-order chi connectivity index (χ1) is 13.7. The molecule has 1 fully saturated rings. The van der Waals surface area contributed by atoms with Gasteiger partial charge in [-0.3, -0.25) is 9.69 Å². The second-order valence-electron chi connectivity index (χ2n) is 6.72. The lowest BCUT2D eigenvalue weighted by molar-refractivity contribution is 0.0378. The van der Waals surface area contributed by atoms with Crippen LogP contribution in [-0.2, 0) is 4.74 Å². The van der Waals surface area contributed by atoms with Gasteiger partial charge in [-0.15, -0.1) is 17.7 Å². The molecule has 1 N–H and O–H groups in total. The third kappa shape index (κ3) is 3.63. The zero-order chi connectivity index (χ0) is 19.5. The van der Waals surface area contributed by atoms with Crippen LogP contribution in [0.15, 0.2) is 40.7 Å². The molecule has 2 aromatic heterocycles. The van der Waals surface area contributed by atoms with Crippen molar-refractivity contribution in [2.45, 2.75) is 11.4 Å². The van der Waals surface area contributed by atoms with Crippen molar-refractivity contribution in [1.82, 2.24) is 19.5 Å². The van der Waals surface area contributed by atoms with Crippen molar-refractivity contribution in [3.63, 3.8) is 0 Å². The third-order valence-electron chi connectivity index (χ3n) is 4.95. The number of benzene rings is 1. The quantitative estimate of drug-likeness (QED) is 0.288. The van der Waals surface area contributed by atoms with Crippen LogP contribution in [-0.4, -0.2) is 58.9 Å². The van der Waals surface area contributed by atoms with Crippen LogP contribution in [0.5, 0.6) is 0 Å². The number of morpholine rings is 1. The molecule has 8 heteroatoms. The molecular weight excluding hydrogens is 374 g/mol. The van der Waals surface area contributed by atoms with E-state index in [1.807, 2.05) is 24.3 Å². The van der Waals surface area contributed by atoms with Crippen molar-refractivity contribution in [2.24, 2.45) is 0 Å². The molecule has 28 heavy (non-hydrogen) atoms. The summed E-state index contributed by atoms with van der Waals surface area (Å²) in [5.41, 5.74) is 0.573. The van der Waals surface area contributed by atoms with Gasteiger partial charge in [0.2, 0.25) is 0 Å². The fraction of sp³-hybridized carbons (Fsp3) is 0.350. The molecule has 0 spiro atoms. The van der Waals surface area contributed by atoms with Crippen molar-refractivity contribution in [1.29, 1.82) is 0 Å². The van der Waals surface area contributed by atoms with Gasteiger partial charge in [-0.25, -0.2) is 4.98 Å². The normalized spacial score (nSPS) is 15.2. The zero-order valence-corrected chi connectivity index (χ0v) is 16.5. The average Bonchev–Trinajstić information content (AvgIpc) is 2.73. The lowest BCUT2D eigenvalue weighted by Crippen LogP contribution is -2.37.